The normalized spacial score (nSPS) is 14.0. The lowest BCUT2D eigenvalue weighted by molar-refractivity contribution is -0.118. The molecule has 2 atom stereocenters. The van der Waals surface area contributed by atoms with Gasteiger partial charge < -0.3 is 15.4 Å². The molecule has 0 spiro atoms. The lowest BCUT2D eigenvalue weighted by Gasteiger charge is -2.25. The van der Waals surface area contributed by atoms with Gasteiger partial charge in [0.05, 0.1) is 12.6 Å². The van der Waals surface area contributed by atoms with Crippen molar-refractivity contribution in [2.45, 2.75) is 46.7 Å². The van der Waals surface area contributed by atoms with Crippen LogP contribution in [0.1, 0.15) is 33.3 Å². The molecule has 1 amide bonds. The van der Waals surface area contributed by atoms with Crippen LogP contribution in [0.2, 0.25) is 0 Å². The maximum Gasteiger partial charge on any atom is 0.241 e. The molecular weight excluding hydrogens is 264 g/mol. The van der Waals surface area contributed by atoms with E-state index >= 15 is 0 Å². The third kappa shape index (κ3) is 6.27. The third-order valence-electron chi connectivity index (χ3n) is 3.48. The van der Waals surface area contributed by atoms with Gasteiger partial charge in [0.25, 0.3) is 0 Å². The number of ether oxygens (including phenoxy) is 1. The maximum absolute atomic E-state index is 12.2. The largest absolute Gasteiger partial charge is 0.380 e. The first-order valence-electron chi connectivity index (χ1n) is 7.65. The van der Waals surface area contributed by atoms with E-state index in [1.54, 1.807) is 0 Å². The van der Waals surface area contributed by atoms with E-state index in [0.29, 0.717) is 19.1 Å². The van der Waals surface area contributed by atoms with Gasteiger partial charge in [0, 0.05) is 18.3 Å². The van der Waals surface area contributed by atoms with Crippen molar-refractivity contribution in [3.8, 4) is 0 Å². The van der Waals surface area contributed by atoms with Crippen LogP contribution in [0.4, 0.5) is 5.69 Å². The Morgan fingerprint density at radius 1 is 1.19 bits per heavy atom. The Kier molecular flexibility index (Phi) is 7.40. The van der Waals surface area contributed by atoms with E-state index in [2.05, 4.69) is 24.5 Å². The first-order chi connectivity index (χ1) is 9.93. The summed E-state index contributed by atoms with van der Waals surface area (Å²) in [7, 11) is 0. The Balaban J connectivity index is 2.54. The number of hydrogen-bond acceptors (Lipinski definition) is 3. The van der Waals surface area contributed by atoms with E-state index in [9.17, 15) is 4.79 Å². The van der Waals surface area contributed by atoms with Crippen LogP contribution < -0.4 is 10.6 Å². The zero-order valence-corrected chi connectivity index (χ0v) is 13.8. The molecule has 0 saturated heterocycles. The molecule has 2 unspecified atom stereocenters. The highest BCUT2D eigenvalue weighted by Gasteiger charge is 2.20. The predicted molar refractivity (Wildman–Crippen MR) is 87.5 cm³/mol. The van der Waals surface area contributed by atoms with Crippen molar-refractivity contribution in [3.05, 3.63) is 29.8 Å². The van der Waals surface area contributed by atoms with Crippen LogP contribution in [0, 0.1) is 12.8 Å². The van der Waals surface area contributed by atoms with E-state index < -0.39 is 0 Å². The summed E-state index contributed by atoms with van der Waals surface area (Å²) in [6.45, 7) is 11.4. The van der Waals surface area contributed by atoms with Crippen LogP contribution in [0.5, 0.6) is 0 Å². The Morgan fingerprint density at radius 3 is 2.33 bits per heavy atom. The fraction of sp³-hybridized carbons (Fsp3) is 0.588. The average Bonchev–Trinajstić information content (AvgIpc) is 2.45. The fourth-order valence-corrected chi connectivity index (χ4v) is 1.96. The number of rotatable bonds is 8. The standard InChI is InChI=1S/C17H28N2O2/c1-6-21-11-16(12(2)3)18-14(5)17(20)19-15-9-7-13(4)8-10-15/h7-10,12,14,16,18H,6,11H2,1-5H3,(H,19,20). The van der Waals surface area contributed by atoms with Gasteiger partial charge in [0.1, 0.15) is 0 Å². The molecule has 2 N–H and O–H groups in total. The van der Waals surface area contributed by atoms with Gasteiger partial charge in [-0.15, -0.1) is 0 Å². The van der Waals surface area contributed by atoms with Crippen molar-refractivity contribution in [2.24, 2.45) is 5.92 Å². The highest BCUT2D eigenvalue weighted by Crippen LogP contribution is 2.10. The number of carbonyl (C=O) groups excluding carboxylic acids is 1. The van der Waals surface area contributed by atoms with Crippen LogP contribution >= 0.6 is 0 Å². The number of carbonyl (C=O) groups is 1. The van der Waals surface area contributed by atoms with Crippen LogP contribution in [0.25, 0.3) is 0 Å². The second kappa shape index (κ2) is 8.80. The molecule has 0 bridgehead atoms. The van der Waals surface area contributed by atoms with Gasteiger partial charge in [-0.05, 0) is 38.8 Å². The Bertz CT molecular complexity index is 429. The molecule has 0 fully saturated rings. The summed E-state index contributed by atoms with van der Waals surface area (Å²) < 4.78 is 5.47. The Labute approximate surface area is 128 Å². The van der Waals surface area contributed by atoms with Gasteiger partial charge in [-0.1, -0.05) is 31.5 Å². The molecule has 118 valence electrons. The van der Waals surface area contributed by atoms with Gasteiger partial charge in [-0.25, -0.2) is 0 Å². The highest BCUT2D eigenvalue weighted by molar-refractivity contribution is 5.94. The summed E-state index contributed by atoms with van der Waals surface area (Å²) in [5, 5.41) is 6.27. The van der Waals surface area contributed by atoms with Crippen molar-refractivity contribution < 1.29 is 9.53 Å². The van der Waals surface area contributed by atoms with Gasteiger partial charge in [-0.2, -0.15) is 0 Å². The van der Waals surface area contributed by atoms with Gasteiger partial charge >= 0.3 is 0 Å². The van der Waals surface area contributed by atoms with E-state index in [-0.39, 0.29) is 18.0 Å². The van der Waals surface area contributed by atoms with Crippen LogP contribution in [0.15, 0.2) is 24.3 Å². The fourth-order valence-electron chi connectivity index (χ4n) is 1.96. The molecule has 0 aromatic heterocycles. The minimum atomic E-state index is -0.265. The smallest absolute Gasteiger partial charge is 0.241 e. The maximum atomic E-state index is 12.2. The van der Waals surface area contributed by atoms with Crippen LogP contribution in [0.3, 0.4) is 0 Å². The van der Waals surface area contributed by atoms with Crippen molar-refractivity contribution in [1.82, 2.24) is 5.32 Å². The monoisotopic (exact) mass is 292 g/mol. The van der Waals surface area contributed by atoms with Crippen LogP contribution in [-0.2, 0) is 9.53 Å². The summed E-state index contributed by atoms with van der Waals surface area (Å²) in [5.74, 6) is 0.382. The first-order valence-corrected chi connectivity index (χ1v) is 7.65. The van der Waals surface area contributed by atoms with Crippen molar-refractivity contribution in [1.29, 1.82) is 0 Å². The lowest BCUT2D eigenvalue weighted by atomic mass is 10.0. The van der Waals surface area contributed by atoms with Gasteiger partial charge in [0.15, 0.2) is 0 Å². The summed E-state index contributed by atoms with van der Waals surface area (Å²) in [6.07, 6.45) is 0. The predicted octanol–water partition coefficient (Wildman–Crippen LogP) is 2.97. The summed E-state index contributed by atoms with van der Waals surface area (Å²) in [6, 6.07) is 7.71. The molecule has 0 aliphatic rings. The zero-order valence-electron chi connectivity index (χ0n) is 13.8. The summed E-state index contributed by atoms with van der Waals surface area (Å²) in [5.41, 5.74) is 2.00. The number of aryl methyl sites for hydroxylation is 1. The molecule has 1 aromatic carbocycles. The molecule has 1 rings (SSSR count). The third-order valence-corrected chi connectivity index (χ3v) is 3.48. The zero-order chi connectivity index (χ0) is 15.8. The highest BCUT2D eigenvalue weighted by atomic mass is 16.5. The number of hydrogen-bond donors (Lipinski definition) is 2. The van der Waals surface area contributed by atoms with Gasteiger partial charge in [0.2, 0.25) is 5.91 Å². The van der Waals surface area contributed by atoms with Crippen molar-refractivity contribution >= 4 is 11.6 Å². The second-order valence-electron chi connectivity index (χ2n) is 5.75. The molecule has 1 aromatic rings. The SMILES string of the molecule is CCOCC(NC(C)C(=O)Nc1ccc(C)cc1)C(C)C. The second-order valence-corrected chi connectivity index (χ2v) is 5.75. The molecule has 4 nitrogen and oxygen atoms in total. The molecule has 0 aliphatic carbocycles. The van der Waals surface area contributed by atoms with Gasteiger partial charge in [-0.3, -0.25) is 4.79 Å². The minimum absolute atomic E-state index is 0.0269. The molecule has 21 heavy (non-hydrogen) atoms. The number of anilines is 1. The molecule has 0 heterocycles. The molecule has 0 radical (unpaired) electrons. The van der Waals surface area contributed by atoms with E-state index in [1.807, 2.05) is 45.0 Å². The first kappa shape index (κ1) is 17.7. The molecule has 0 saturated carbocycles. The van der Waals surface area contributed by atoms with Crippen LogP contribution in [-0.4, -0.2) is 31.2 Å². The summed E-state index contributed by atoms with van der Waals surface area (Å²) in [4.78, 5) is 12.2. The van der Waals surface area contributed by atoms with E-state index in [1.165, 1.54) is 5.56 Å². The molecule has 4 heteroatoms. The molecular formula is C17H28N2O2. The van der Waals surface area contributed by atoms with E-state index in [0.717, 1.165) is 5.69 Å². The van der Waals surface area contributed by atoms with Crippen molar-refractivity contribution in [2.75, 3.05) is 18.5 Å². The van der Waals surface area contributed by atoms with Crippen molar-refractivity contribution in [3.63, 3.8) is 0 Å². The minimum Gasteiger partial charge on any atom is -0.380 e. The average molecular weight is 292 g/mol. The van der Waals surface area contributed by atoms with E-state index in [4.69, 9.17) is 4.74 Å². The number of nitrogens with one attached hydrogen (secondary N) is 2. The topological polar surface area (TPSA) is 50.4 Å². The molecule has 0 aliphatic heterocycles. The Hall–Kier alpha value is -1.39. The lowest BCUT2D eigenvalue weighted by Crippen LogP contribution is -2.48. The number of amides is 1. The quantitative estimate of drug-likeness (QED) is 0.774. The Morgan fingerprint density at radius 2 is 1.81 bits per heavy atom. The number of benzene rings is 1. The summed E-state index contributed by atoms with van der Waals surface area (Å²) >= 11 is 0.